The van der Waals surface area contributed by atoms with E-state index in [1.165, 1.54) is 0 Å². The van der Waals surface area contributed by atoms with Crippen LogP contribution in [0.2, 0.25) is 0 Å². The summed E-state index contributed by atoms with van der Waals surface area (Å²) in [4.78, 5) is 12.6. The second kappa shape index (κ2) is 7.92. The van der Waals surface area contributed by atoms with E-state index in [2.05, 4.69) is 10.2 Å². The summed E-state index contributed by atoms with van der Waals surface area (Å²) in [6.07, 6.45) is 0.334. The molecule has 0 spiro atoms. The smallest absolute Gasteiger partial charge is 0.167 e. The molecule has 138 valence electrons. The standard InChI is InChI=1S/C24H20N2O2/c1-28-24-13-12-17(15-23(27)19-10-6-3-7-11-19)14-20(24)22-16-21(25-26-22)18-8-4-2-5-9-18/h2-14,16H,15H2,1H3,(H,25,26). The van der Waals surface area contributed by atoms with Crippen molar-refractivity contribution in [2.75, 3.05) is 7.11 Å². The van der Waals surface area contributed by atoms with E-state index in [0.717, 1.165) is 33.8 Å². The van der Waals surface area contributed by atoms with Gasteiger partial charge in [0.05, 0.1) is 18.5 Å². The Hall–Kier alpha value is -3.66. The number of rotatable bonds is 6. The zero-order chi connectivity index (χ0) is 19.3. The summed E-state index contributed by atoms with van der Waals surface area (Å²) >= 11 is 0. The topological polar surface area (TPSA) is 55.0 Å². The minimum absolute atomic E-state index is 0.0892. The monoisotopic (exact) mass is 368 g/mol. The second-order valence-electron chi connectivity index (χ2n) is 6.53. The lowest BCUT2D eigenvalue weighted by molar-refractivity contribution is 0.0993. The number of aromatic nitrogens is 2. The molecule has 0 aliphatic rings. The summed E-state index contributed by atoms with van der Waals surface area (Å²) < 4.78 is 5.53. The Balaban J connectivity index is 1.64. The fourth-order valence-corrected chi connectivity index (χ4v) is 3.20. The van der Waals surface area contributed by atoms with Crippen molar-refractivity contribution in [1.29, 1.82) is 0 Å². The lowest BCUT2D eigenvalue weighted by Gasteiger charge is -2.09. The van der Waals surface area contributed by atoms with Gasteiger partial charge in [0.2, 0.25) is 0 Å². The molecule has 4 heteroatoms. The number of ether oxygens (including phenoxy) is 1. The number of carbonyl (C=O) groups excluding carboxylic acids is 1. The summed E-state index contributed by atoms with van der Waals surface area (Å²) in [7, 11) is 1.64. The van der Waals surface area contributed by atoms with Crippen LogP contribution < -0.4 is 4.74 Å². The number of benzene rings is 3. The minimum atomic E-state index is 0.0892. The van der Waals surface area contributed by atoms with Crippen LogP contribution in [0.4, 0.5) is 0 Å². The van der Waals surface area contributed by atoms with Crippen LogP contribution in [0.15, 0.2) is 84.9 Å². The molecule has 3 aromatic carbocycles. The third-order valence-corrected chi connectivity index (χ3v) is 4.66. The lowest BCUT2D eigenvalue weighted by Crippen LogP contribution is -2.03. The van der Waals surface area contributed by atoms with Crippen LogP contribution in [0.1, 0.15) is 15.9 Å². The van der Waals surface area contributed by atoms with Gasteiger partial charge in [0.1, 0.15) is 5.75 Å². The van der Waals surface area contributed by atoms with Gasteiger partial charge in [0, 0.05) is 23.1 Å². The number of hydrogen-bond donors (Lipinski definition) is 1. The maximum atomic E-state index is 12.6. The van der Waals surface area contributed by atoms with E-state index in [9.17, 15) is 4.79 Å². The van der Waals surface area contributed by atoms with E-state index in [1.807, 2.05) is 84.9 Å². The Bertz CT molecular complexity index is 1090. The number of ketones is 1. The van der Waals surface area contributed by atoms with Gasteiger partial charge < -0.3 is 4.74 Å². The van der Waals surface area contributed by atoms with Crippen molar-refractivity contribution in [3.05, 3.63) is 96.1 Å². The maximum absolute atomic E-state index is 12.6. The van der Waals surface area contributed by atoms with E-state index in [-0.39, 0.29) is 5.78 Å². The number of nitrogens with one attached hydrogen (secondary N) is 1. The Morgan fingerprint density at radius 3 is 2.36 bits per heavy atom. The van der Waals surface area contributed by atoms with Crippen LogP contribution in [-0.4, -0.2) is 23.1 Å². The molecular formula is C24H20N2O2. The number of H-pyrrole nitrogens is 1. The summed E-state index contributed by atoms with van der Waals surface area (Å²) in [5.41, 5.74) is 5.29. The highest BCUT2D eigenvalue weighted by atomic mass is 16.5. The molecule has 0 saturated carbocycles. The van der Waals surface area contributed by atoms with Crippen LogP contribution in [-0.2, 0) is 6.42 Å². The van der Waals surface area contributed by atoms with Crippen molar-refractivity contribution >= 4 is 5.78 Å². The molecule has 0 atom stereocenters. The van der Waals surface area contributed by atoms with Crippen molar-refractivity contribution in [1.82, 2.24) is 10.2 Å². The molecule has 1 aromatic heterocycles. The van der Waals surface area contributed by atoms with Gasteiger partial charge in [-0.25, -0.2) is 0 Å². The third-order valence-electron chi connectivity index (χ3n) is 4.66. The van der Waals surface area contributed by atoms with Crippen molar-refractivity contribution in [2.24, 2.45) is 0 Å². The van der Waals surface area contributed by atoms with Gasteiger partial charge in [-0.1, -0.05) is 66.7 Å². The van der Waals surface area contributed by atoms with Crippen molar-refractivity contribution in [3.63, 3.8) is 0 Å². The number of carbonyl (C=O) groups is 1. The van der Waals surface area contributed by atoms with E-state index in [4.69, 9.17) is 4.74 Å². The first-order valence-electron chi connectivity index (χ1n) is 9.11. The van der Waals surface area contributed by atoms with E-state index < -0.39 is 0 Å². The summed E-state index contributed by atoms with van der Waals surface area (Å²) in [6, 6.07) is 27.1. The highest BCUT2D eigenvalue weighted by Gasteiger charge is 2.13. The molecule has 1 heterocycles. The molecule has 0 radical (unpaired) electrons. The van der Waals surface area contributed by atoms with E-state index in [1.54, 1.807) is 7.11 Å². The number of hydrogen-bond acceptors (Lipinski definition) is 3. The Morgan fingerprint density at radius 2 is 1.64 bits per heavy atom. The number of Topliss-reactive ketones (excluding diaryl/α,β-unsaturated/α-hetero) is 1. The van der Waals surface area contributed by atoms with Crippen LogP contribution >= 0.6 is 0 Å². The first kappa shape index (κ1) is 17.7. The summed E-state index contributed by atoms with van der Waals surface area (Å²) in [6.45, 7) is 0. The summed E-state index contributed by atoms with van der Waals surface area (Å²) in [5, 5.41) is 7.52. The first-order chi connectivity index (χ1) is 13.7. The SMILES string of the molecule is COc1ccc(CC(=O)c2ccccc2)cc1-c1cc(-c2ccccc2)n[nH]1. The molecule has 0 bridgehead atoms. The zero-order valence-corrected chi connectivity index (χ0v) is 15.6. The number of aromatic amines is 1. The molecule has 4 aromatic rings. The van der Waals surface area contributed by atoms with Gasteiger partial charge >= 0.3 is 0 Å². The number of nitrogens with zero attached hydrogens (tertiary/aromatic N) is 1. The van der Waals surface area contributed by atoms with E-state index >= 15 is 0 Å². The molecule has 28 heavy (non-hydrogen) atoms. The fourth-order valence-electron chi connectivity index (χ4n) is 3.20. The molecule has 0 fully saturated rings. The maximum Gasteiger partial charge on any atom is 0.167 e. The second-order valence-corrected chi connectivity index (χ2v) is 6.53. The molecule has 0 amide bonds. The van der Waals surface area contributed by atoms with Gasteiger partial charge in [-0.3, -0.25) is 9.89 Å². The van der Waals surface area contributed by atoms with Crippen molar-refractivity contribution in [2.45, 2.75) is 6.42 Å². The number of methoxy groups -OCH3 is 1. The average molecular weight is 368 g/mol. The minimum Gasteiger partial charge on any atom is -0.496 e. The lowest BCUT2D eigenvalue weighted by atomic mass is 9.99. The van der Waals surface area contributed by atoms with Gasteiger partial charge in [0.25, 0.3) is 0 Å². The Kier molecular flexibility index (Phi) is 5.02. The predicted octanol–water partition coefficient (Wildman–Crippen LogP) is 5.18. The summed E-state index contributed by atoms with van der Waals surface area (Å²) in [5.74, 6) is 0.825. The van der Waals surface area contributed by atoms with Crippen LogP contribution in [0.3, 0.4) is 0 Å². The highest BCUT2D eigenvalue weighted by Crippen LogP contribution is 2.32. The third kappa shape index (κ3) is 3.71. The normalized spacial score (nSPS) is 10.6. The highest BCUT2D eigenvalue weighted by molar-refractivity contribution is 5.97. The van der Waals surface area contributed by atoms with Gasteiger partial charge in [-0.2, -0.15) is 5.10 Å². The largest absolute Gasteiger partial charge is 0.496 e. The molecule has 4 nitrogen and oxygen atoms in total. The quantitative estimate of drug-likeness (QED) is 0.477. The van der Waals surface area contributed by atoms with Crippen molar-refractivity contribution in [3.8, 4) is 28.3 Å². The molecule has 0 saturated heterocycles. The molecule has 4 rings (SSSR count). The Labute approximate surface area is 163 Å². The van der Waals surface area contributed by atoms with Crippen LogP contribution in [0, 0.1) is 0 Å². The van der Waals surface area contributed by atoms with Crippen molar-refractivity contribution < 1.29 is 9.53 Å². The van der Waals surface area contributed by atoms with Crippen LogP contribution in [0.5, 0.6) is 5.75 Å². The van der Waals surface area contributed by atoms with Crippen LogP contribution in [0.25, 0.3) is 22.5 Å². The zero-order valence-electron chi connectivity index (χ0n) is 15.6. The Morgan fingerprint density at radius 1 is 0.929 bits per heavy atom. The fraction of sp³-hybridized carbons (Fsp3) is 0.0833. The first-order valence-corrected chi connectivity index (χ1v) is 9.11. The molecule has 0 unspecified atom stereocenters. The molecule has 1 N–H and O–H groups in total. The predicted molar refractivity (Wildman–Crippen MR) is 110 cm³/mol. The average Bonchev–Trinajstić information content (AvgIpc) is 3.25. The van der Waals surface area contributed by atoms with Gasteiger partial charge in [-0.15, -0.1) is 0 Å². The molecule has 0 aliphatic carbocycles. The van der Waals surface area contributed by atoms with E-state index in [0.29, 0.717) is 12.0 Å². The molecule has 0 aliphatic heterocycles. The van der Waals surface area contributed by atoms with Gasteiger partial charge in [0.15, 0.2) is 5.78 Å². The molecular weight excluding hydrogens is 348 g/mol. The van der Waals surface area contributed by atoms with Gasteiger partial charge in [-0.05, 0) is 23.8 Å².